The first-order valence-corrected chi connectivity index (χ1v) is 8.05. The molecular weight excluding hydrogens is 304 g/mol. The van der Waals surface area contributed by atoms with Crippen molar-refractivity contribution in [3.05, 3.63) is 60.2 Å². The van der Waals surface area contributed by atoms with Gasteiger partial charge in [-0.05, 0) is 36.8 Å². The molecule has 2 aromatic carbocycles. The highest BCUT2D eigenvalue weighted by molar-refractivity contribution is 5.89. The van der Waals surface area contributed by atoms with E-state index >= 15 is 0 Å². The maximum atomic E-state index is 12.6. The lowest BCUT2D eigenvalue weighted by Gasteiger charge is -2.38. The van der Waals surface area contributed by atoms with Gasteiger partial charge in [0, 0.05) is 5.69 Å². The zero-order valence-electron chi connectivity index (χ0n) is 13.9. The summed E-state index contributed by atoms with van der Waals surface area (Å²) < 4.78 is 11.0. The normalized spacial score (nSPS) is 20.5. The number of benzene rings is 2. The minimum Gasteiger partial charge on any atom is -0.497 e. The Bertz CT molecular complexity index is 673. The SMILES string of the molecule is COc1ccc(NC(=O)N2C[C@H](c3ccccc3)OC[C@@H]2C)cc1. The summed E-state index contributed by atoms with van der Waals surface area (Å²) in [6.45, 7) is 3.05. The minimum absolute atomic E-state index is 0.0308. The molecule has 1 heterocycles. The number of rotatable bonds is 3. The average molecular weight is 326 g/mol. The van der Waals surface area contributed by atoms with Gasteiger partial charge in [-0.25, -0.2) is 4.79 Å². The maximum absolute atomic E-state index is 12.6. The number of nitrogens with zero attached hydrogens (tertiary/aromatic N) is 1. The molecule has 0 aromatic heterocycles. The summed E-state index contributed by atoms with van der Waals surface area (Å²) in [6, 6.07) is 17.2. The van der Waals surface area contributed by atoms with Crippen molar-refractivity contribution in [2.24, 2.45) is 0 Å². The molecular formula is C19H22N2O3. The van der Waals surface area contributed by atoms with E-state index < -0.39 is 0 Å². The quantitative estimate of drug-likeness (QED) is 0.936. The molecule has 2 amide bonds. The van der Waals surface area contributed by atoms with Gasteiger partial charge in [-0.1, -0.05) is 30.3 Å². The summed E-state index contributed by atoms with van der Waals surface area (Å²) in [5, 5.41) is 2.94. The van der Waals surface area contributed by atoms with Crippen LogP contribution in [-0.4, -0.2) is 37.2 Å². The lowest BCUT2D eigenvalue weighted by atomic mass is 10.1. The van der Waals surface area contributed by atoms with E-state index in [1.54, 1.807) is 7.11 Å². The van der Waals surface area contributed by atoms with Crippen LogP contribution >= 0.6 is 0 Å². The molecule has 0 radical (unpaired) electrons. The van der Waals surface area contributed by atoms with E-state index in [4.69, 9.17) is 9.47 Å². The number of hydrogen-bond acceptors (Lipinski definition) is 3. The highest BCUT2D eigenvalue weighted by atomic mass is 16.5. The lowest BCUT2D eigenvalue weighted by molar-refractivity contribution is -0.0407. The largest absolute Gasteiger partial charge is 0.497 e. The Balaban J connectivity index is 1.68. The predicted molar refractivity (Wildman–Crippen MR) is 93.3 cm³/mol. The van der Waals surface area contributed by atoms with Crippen molar-refractivity contribution in [2.75, 3.05) is 25.6 Å². The first-order chi connectivity index (χ1) is 11.7. The van der Waals surface area contributed by atoms with Crippen molar-refractivity contribution in [1.82, 2.24) is 4.90 Å². The molecule has 1 aliphatic rings. The van der Waals surface area contributed by atoms with Crippen LogP contribution in [-0.2, 0) is 4.74 Å². The summed E-state index contributed by atoms with van der Waals surface area (Å²) in [5.74, 6) is 0.761. The Hall–Kier alpha value is -2.53. The summed E-state index contributed by atoms with van der Waals surface area (Å²) >= 11 is 0. The number of ether oxygens (including phenoxy) is 2. The molecule has 1 saturated heterocycles. The molecule has 2 aromatic rings. The number of anilines is 1. The monoisotopic (exact) mass is 326 g/mol. The van der Waals surface area contributed by atoms with Crippen molar-refractivity contribution in [3.63, 3.8) is 0 Å². The summed E-state index contributed by atoms with van der Waals surface area (Å²) in [7, 11) is 1.62. The van der Waals surface area contributed by atoms with Crippen LogP contribution in [0.2, 0.25) is 0 Å². The number of amides is 2. The molecule has 0 unspecified atom stereocenters. The minimum atomic E-state index is -0.114. The number of carbonyl (C=O) groups excluding carboxylic acids is 1. The van der Waals surface area contributed by atoms with Crippen LogP contribution < -0.4 is 10.1 Å². The first-order valence-electron chi connectivity index (χ1n) is 8.05. The van der Waals surface area contributed by atoms with Crippen molar-refractivity contribution < 1.29 is 14.3 Å². The van der Waals surface area contributed by atoms with Gasteiger partial charge in [-0.3, -0.25) is 0 Å². The Morgan fingerprint density at radius 1 is 1.17 bits per heavy atom. The number of carbonyl (C=O) groups is 1. The van der Waals surface area contributed by atoms with Gasteiger partial charge in [-0.15, -0.1) is 0 Å². The van der Waals surface area contributed by atoms with Gasteiger partial charge < -0.3 is 19.7 Å². The van der Waals surface area contributed by atoms with Crippen molar-refractivity contribution >= 4 is 11.7 Å². The zero-order chi connectivity index (χ0) is 16.9. The van der Waals surface area contributed by atoms with E-state index in [-0.39, 0.29) is 18.2 Å². The van der Waals surface area contributed by atoms with Gasteiger partial charge in [0.2, 0.25) is 0 Å². The van der Waals surface area contributed by atoms with Crippen molar-refractivity contribution in [2.45, 2.75) is 19.1 Å². The Kier molecular flexibility index (Phi) is 5.01. The molecule has 126 valence electrons. The van der Waals surface area contributed by atoms with Gasteiger partial charge in [-0.2, -0.15) is 0 Å². The van der Waals surface area contributed by atoms with E-state index in [2.05, 4.69) is 5.32 Å². The van der Waals surface area contributed by atoms with Gasteiger partial charge in [0.1, 0.15) is 11.9 Å². The number of methoxy groups -OCH3 is 1. The van der Waals surface area contributed by atoms with E-state index in [1.165, 1.54) is 0 Å². The third-order valence-corrected chi connectivity index (χ3v) is 4.21. The molecule has 0 aliphatic carbocycles. The molecule has 0 spiro atoms. The highest BCUT2D eigenvalue weighted by Crippen LogP contribution is 2.25. The van der Waals surface area contributed by atoms with Crippen LogP contribution in [0.5, 0.6) is 5.75 Å². The van der Waals surface area contributed by atoms with Crippen LogP contribution in [0.3, 0.4) is 0 Å². The third-order valence-electron chi connectivity index (χ3n) is 4.21. The van der Waals surface area contributed by atoms with Crippen LogP contribution in [0.25, 0.3) is 0 Å². The highest BCUT2D eigenvalue weighted by Gasteiger charge is 2.30. The summed E-state index contributed by atoms with van der Waals surface area (Å²) in [5.41, 5.74) is 1.84. The number of morpholine rings is 1. The smallest absolute Gasteiger partial charge is 0.322 e. The van der Waals surface area contributed by atoms with Crippen LogP contribution in [0, 0.1) is 0 Å². The Morgan fingerprint density at radius 2 is 1.88 bits per heavy atom. The molecule has 5 heteroatoms. The fraction of sp³-hybridized carbons (Fsp3) is 0.316. The average Bonchev–Trinajstić information content (AvgIpc) is 2.63. The van der Waals surface area contributed by atoms with Gasteiger partial charge in [0.05, 0.1) is 26.3 Å². The molecule has 5 nitrogen and oxygen atoms in total. The van der Waals surface area contributed by atoms with E-state index in [0.29, 0.717) is 13.2 Å². The Morgan fingerprint density at radius 3 is 2.54 bits per heavy atom. The first kappa shape index (κ1) is 16.3. The molecule has 1 fully saturated rings. The summed E-state index contributed by atoms with van der Waals surface area (Å²) in [6.07, 6.45) is -0.0935. The zero-order valence-corrected chi connectivity index (χ0v) is 13.9. The second-order valence-electron chi connectivity index (χ2n) is 5.89. The van der Waals surface area contributed by atoms with Gasteiger partial charge in [0.25, 0.3) is 0 Å². The lowest BCUT2D eigenvalue weighted by Crippen LogP contribution is -2.49. The van der Waals surface area contributed by atoms with E-state index in [0.717, 1.165) is 17.0 Å². The van der Waals surface area contributed by atoms with Crippen LogP contribution in [0.4, 0.5) is 10.5 Å². The van der Waals surface area contributed by atoms with Crippen molar-refractivity contribution in [1.29, 1.82) is 0 Å². The fourth-order valence-electron chi connectivity index (χ4n) is 2.78. The number of urea groups is 1. The molecule has 1 aliphatic heterocycles. The molecule has 1 N–H and O–H groups in total. The maximum Gasteiger partial charge on any atom is 0.322 e. The molecule has 2 atom stereocenters. The second kappa shape index (κ2) is 7.36. The molecule has 24 heavy (non-hydrogen) atoms. The molecule has 0 bridgehead atoms. The van der Waals surface area contributed by atoms with Gasteiger partial charge in [0.15, 0.2) is 0 Å². The molecule has 3 rings (SSSR count). The third kappa shape index (κ3) is 3.68. The van der Waals surface area contributed by atoms with Crippen molar-refractivity contribution in [3.8, 4) is 5.75 Å². The number of hydrogen-bond donors (Lipinski definition) is 1. The van der Waals surface area contributed by atoms with Gasteiger partial charge >= 0.3 is 6.03 Å². The van der Waals surface area contributed by atoms with Crippen LogP contribution in [0.1, 0.15) is 18.6 Å². The molecule has 0 saturated carbocycles. The second-order valence-corrected chi connectivity index (χ2v) is 5.89. The fourth-order valence-corrected chi connectivity index (χ4v) is 2.78. The standard InChI is InChI=1S/C19H22N2O3/c1-14-13-24-18(15-6-4-3-5-7-15)12-21(14)19(22)20-16-8-10-17(23-2)11-9-16/h3-11,14,18H,12-13H2,1-2H3,(H,20,22)/t14-,18+/m0/s1. The summed E-state index contributed by atoms with van der Waals surface area (Å²) in [4.78, 5) is 14.5. The Labute approximate surface area is 142 Å². The van der Waals surface area contributed by atoms with E-state index in [1.807, 2.05) is 66.4 Å². The van der Waals surface area contributed by atoms with E-state index in [9.17, 15) is 4.79 Å². The predicted octanol–water partition coefficient (Wildman–Crippen LogP) is 3.69. The van der Waals surface area contributed by atoms with Crippen LogP contribution in [0.15, 0.2) is 54.6 Å². The topological polar surface area (TPSA) is 50.8 Å². The number of nitrogens with one attached hydrogen (secondary N) is 1.